The molecule has 0 radical (unpaired) electrons. The Morgan fingerprint density at radius 3 is 2.68 bits per heavy atom. The Hall–Kier alpha value is -0.200. The van der Waals surface area contributed by atoms with Crippen molar-refractivity contribution in [3.8, 4) is 0 Å². The number of aliphatic hydroxyl groups excluding tert-OH is 1. The lowest BCUT2D eigenvalue weighted by Crippen LogP contribution is -2.45. The predicted octanol–water partition coefficient (Wildman–Crippen LogP) is 2.34. The van der Waals surface area contributed by atoms with Crippen LogP contribution in [0.25, 0.3) is 0 Å². The highest BCUT2D eigenvalue weighted by Crippen LogP contribution is 2.31. The third-order valence-electron chi connectivity index (χ3n) is 3.31. The molecule has 0 spiro atoms. The first kappa shape index (κ1) is 16.9. The number of nitrogens with one attached hydrogen (secondary N) is 1. The van der Waals surface area contributed by atoms with Crippen LogP contribution in [-0.2, 0) is 0 Å². The van der Waals surface area contributed by atoms with Gasteiger partial charge in [-0.2, -0.15) is 0 Å². The third kappa shape index (κ3) is 4.39. The van der Waals surface area contributed by atoms with E-state index < -0.39 is 0 Å². The molecule has 1 aliphatic heterocycles. The number of benzene rings is 1. The minimum atomic E-state index is -0.230. The number of hydrogen-bond donors (Lipinski definition) is 2. The molecule has 1 atom stereocenters. The molecule has 1 aliphatic rings. The molecule has 1 aromatic carbocycles. The summed E-state index contributed by atoms with van der Waals surface area (Å²) in [6, 6.07) is 4.81. The summed E-state index contributed by atoms with van der Waals surface area (Å²) >= 11 is 3.48. The SMILES string of the molecule is Cl.OCC[C@H](c1cc(F)ccc1Br)N1CCNCC1. The summed E-state index contributed by atoms with van der Waals surface area (Å²) < 4.78 is 14.3. The zero-order chi connectivity index (χ0) is 13.0. The van der Waals surface area contributed by atoms with Crippen LogP contribution >= 0.6 is 28.3 Å². The van der Waals surface area contributed by atoms with E-state index in [9.17, 15) is 9.50 Å². The van der Waals surface area contributed by atoms with Gasteiger partial charge in [0.15, 0.2) is 0 Å². The third-order valence-corrected chi connectivity index (χ3v) is 4.03. The normalized spacial score (nSPS) is 17.8. The van der Waals surface area contributed by atoms with E-state index in [2.05, 4.69) is 26.1 Å². The van der Waals surface area contributed by atoms with Crippen molar-refractivity contribution in [3.63, 3.8) is 0 Å². The highest BCUT2D eigenvalue weighted by Gasteiger charge is 2.23. The van der Waals surface area contributed by atoms with Crippen LogP contribution in [0.2, 0.25) is 0 Å². The van der Waals surface area contributed by atoms with Gasteiger partial charge >= 0.3 is 0 Å². The maximum absolute atomic E-state index is 13.4. The second-order valence-electron chi connectivity index (χ2n) is 4.48. The van der Waals surface area contributed by atoms with Crippen molar-refractivity contribution < 1.29 is 9.50 Å². The predicted molar refractivity (Wildman–Crippen MR) is 80.2 cm³/mol. The average Bonchev–Trinajstić information content (AvgIpc) is 2.40. The first-order chi connectivity index (χ1) is 8.72. The van der Waals surface area contributed by atoms with Crippen LogP contribution in [-0.4, -0.2) is 42.8 Å². The van der Waals surface area contributed by atoms with Gasteiger partial charge in [-0.25, -0.2) is 4.39 Å². The van der Waals surface area contributed by atoms with Crippen molar-refractivity contribution >= 4 is 28.3 Å². The van der Waals surface area contributed by atoms with Gasteiger partial charge in [0, 0.05) is 43.3 Å². The summed E-state index contributed by atoms with van der Waals surface area (Å²) in [5, 5.41) is 12.5. The van der Waals surface area contributed by atoms with E-state index in [1.807, 2.05) is 0 Å². The molecule has 0 unspecified atom stereocenters. The monoisotopic (exact) mass is 352 g/mol. The van der Waals surface area contributed by atoms with Gasteiger partial charge < -0.3 is 10.4 Å². The van der Waals surface area contributed by atoms with Gasteiger partial charge in [-0.15, -0.1) is 12.4 Å². The largest absolute Gasteiger partial charge is 0.396 e. The minimum absolute atomic E-state index is 0. The Labute approximate surface area is 127 Å². The van der Waals surface area contributed by atoms with Gasteiger partial charge in [-0.1, -0.05) is 15.9 Å². The summed E-state index contributed by atoms with van der Waals surface area (Å²) in [7, 11) is 0. The lowest BCUT2D eigenvalue weighted by Gasteiger charge is -2.35. The van der Waals surface area contributed by atoms with Gasteiger partial charge in [-0.05, 0) is 30.2 Å². The van der Waals surface area contributed by atoms with E-state index in [0.29, 0.717) is 6.42 Å². The van der Waals surface area contributed by atoms with Crippen LogP contribution in [0.4, 0.5) is 4.39 Å². The highest BCUT2D eigenvalue weighted by atomic mass is 79.9. The zero-order valence-corrected chi connectivity index (χ0v) is 13.0. The smallest absolute Gasteiger partial charge is 0.123 e. The summed E-state index contributed by atoms with van der Waals surface area (Å²) in [5.41, 5.74) is 0.922. The summed E-state index contributed by atoms with van der Waals surface area (Å²) in [4.78, 5) is 2.30. The first-order valence-corrected chi connectivity index (χ1v) is 7.02. The van der Waals surface area contributed by atoms with E-state index >= 15 is 0 Å². The minimum Gasteiger partial charge on any atom is -0.396 e. The molecule has 0 aromatic heterocycles. The molecule has 0 aliphatic carbocycles. The van der Waals surface area contributed by atoms with Crippen molar-refractivity contribution in [1.29, 1.82) is 0 Å². The first-order valence-electron chi connectivity index (χ1n) is 6.23. The van der Waals surface area contributed by atoms with Crippen LogP contribution in [0.1, 0.15) is 18.0 Å². The molecule has 1 heterocycles. The van der Waals surface area contributed by atoms with Crippen LogP contribution in [0.15, 0.2) is 22.7 Å². The molecular formula is C13H19BrClFN2O. The van der Waals surface area contributed by atoms with E-state index in [4.69, 9.17) is 0 Å². The molecule has 3 nitrogen and oxygen atoms in total. The summed E-state index contributed by atoms with van der Waals surface area (Å²) in [5.74, 6) is -0.230. The molecule has 1 aromatic rings. The van der Waals surface area contributed by atoms with E-state index in [-0.39, 0.29) is 30.9 Å². The molecule has 0 bridgehead atoms. The number of aliphatic hydroxyl groups is 1. The van der Waals surface area contributed by atoms with Crippen LogP contribution in [0, 0.1) is 5.82 Å². The Morgan fingerprint density at radius 2 is 2.05 bits per heavy atom. The Morgan fingerprint density at radius 1 is 1.37 bits per heavy atom. The Bertz CT molecular complexity index is 402. The van der Waals surface area contributed by atoms with Crippen molar-refractivity contribution in [1.82, 2.24) is 10.2 Å². The molecule has 2 N–H and O–H groups in total. The molecule has 1 fully saturated rings. The van der Waals surface area contributed by atoms with Crippen LogP contribution in [0.3, 0.4) is 0 Å². The molecule has 0 amide bonds. The Balaban J connectivity index is 0.00000180. The second-order valence-corrected chi connectivity index (χ2v) is 5.33. The van der Waals surface area contributed by atoms with Crippen LogP contribution in [0.5, 0.6) is 0 Å². The fraction of sp³-hybridized carbons (Fsp3) is 0.538. The van der Waals surface area contributed by atoms with Crippen molar-refractivity contribution in [2.45, 2.75) is 12.5 Å². The quantitative estimate of drug-likeness (QED) is 0.872. The van der Waals surface area contributed by atoms with E-state index in [1.54, 1.807) is 12.1 Å². The number of nitrogens with zero attached hydrogens (tertiary/aromatic N) is 1. The van der Waals surface area contributed by atoms with Gasteiger partial charge in [0.1, 0.15) is 5.82 Å². The molecular weight excluding hydrogens is 335 g/mol. The number of piperazine rings is 1. The molecule has 1 saturated heterocycles. The standard InChI is InChI=1S/C13H18BrFN2O.ClH/c14-12-2-1-10(15)9-11(12)13(3-8-18)17-6-4-16-5-7-17;/h1-2,9,13,16,18H,3-8H2;1H/t13-;/m1./s1. The van der Waals surface area contributed by atoms with Gasteiger partial charge in [0.05, 0.1) is 0 Å². The molecule has 108 valence electrons. The fourth-order valence-electron chi connectivity index (χ4n) is 2.42. The van der Waals surface area contributed by atoms with Crippen LogP contribution < -0.4 is 5.32 Å². The summed E-state index contributed by atoms with van der Waals surface area (Å²) in [6.45, 7) is 3.84. The van der Waals surface area contributed by atoms with Crippen molar-refractivity contribution in [2.75, 3.05) is 32.8 Å². The van der Waals surface area contributed by atoms with Gasteiger partial charge in [-0.3, -0.25) is 4.90 Å². The lowest BCUT2D eigenvalue weighted by atomic mass is 10.0. The highest BCUT2D eigenvalue weighted by molar-refractivity contribution is 9.10. The summed E-state index contributed by atoms with van der Waals surface area (Å²) in [6.07, 6.45) is 0.627. The fourth-order valence-corrected chi connectivity index (χ4v) is 2.93. The molecule has 19 heavy (non-hydrogen) atoms. The second kappa shape index (κ2) is 8.17. The molecule has 2 rings (SSSR count). The van der Waals surface area contributed by atoms with Crippen molar-refractivity contribution in [3.05, 3.63) is 34.1 Å². The molecule has 0 saturated carbocycles. The topological polar surface area (TPSA) is 35.5 Å². The number of hydrogen-bond acceptors (Lipinski definition) is 3. The Kier molecular flexibility index (Phi) is 7.25. The average molecular weight is 354 g/mol. The lowest BCUT2D eigenvalue weighted by molar-refractivity contribution is 0.140. The maximum atomic E-state index is 13.4. The van der Waals surface area contributed by atoms with Crippen molar-refractivity contribution in [2.24, 2.45) is 0 Å². The van der Waals surface area contributed by atoms with Gasteiger partial charge in [0.25, 0.3) is 0 Å². The molecule has 6 heteroatoms. The number of rotatable bonds is 4. The maximum Gasteiger partial charge on any atom is 0.123 e. The van der Waals surface area contributed by atoms with E-state index in [0.717, 1.165) is 36.2 Å². The van der Waals surface area contributed by atoms with E-state index in [1.165, 1.54) is 6.07 Å². The van der Waals surface area contributed by atoms with Gasteiger partial charge in [0.2, 0.25) is 0 Å². The number of halogens is 3. The zero-order valence-electron chi connectivity index (χ0n) is 10.6.